The Morgan fingerprint density at radius 3 is 2.80 bits per heavy atom. The zero-order valence-electron chi connectivity index (χ0n) is 12.2. The fraction of sp³-hybridized carbons (Fsp3) is 0.467. The zero-order chi connectivity index (χ0) is 14.3. The van der Waals surface area contributed by atoms with Crippen molar-refractivity contribution in [1.82, 2.24) is 14.5 Å². The van der Waals surface area contributed by atoms with Crippen LogP contribution in [0, 0.1) is 5.92 Å². The summed E-state index contributed by atoms with van der Waals surface area (Å²) in [6.45, 7) is 1.65. The highest BCUT2D eigenvalue weighted by Gasteiger charge is 2.31. The first-order valence-corrected chi connectivity index (χ1v) is 6.95. The van der Waals surface area contributed by atoms with Crippen LogP contribution in [-0.2, 0) is 11.8 Å². The number of imidazole rings is 1. The summed E-state index contributed by atoms with van der Waals surface area (Å²) in [7, 11) is 5.67. The molecule has 1 unspecified atom stereocenters. The molecule has 5 nitrogen and oxygen atoms in total. The average molecular weight is 272 g/mol. The van der Waals surface area contributed by atoms with Gasteiger partial charge < -0.3 is 14.4 Å². The lowest BCUT2D eigenvalue weighted by atomic mass is 10.1. The van der Waals surface area contributed by atoms with Gasteiger partial charge in [-0.2, -0.15) is 0 Å². The van der Waals surface area contributed by atoms with Crippen LogP contribution >= 0.6 is 0 Å². The highest BCUT2D eigenvalue weighted by Crippen LogP contribution is 2.26. The monoisotopic (exact) mass is 272 g/mol. The Bertz CT molecular complexity index is 646. The van der Waals surface area contributed by atoms with Crippen molar-refractivity contribution in [2.24, 2.45) is 13.0 Å². The zero-order valence-corrected chi connectivity index (χ0v) is 12.2. The molecule has 1 fully saturated rings. The third kappa shape index (κ3) is 2.03. The van der Waals surface area contributed by atoms with E-state index in [0.717, 1.165) is 36.5 Å². The van der Waals surface area contributed by atoms with Gasteiger partial charge in [0.2, 0.25) is 11.9 Å². The minimum atomic E-state index is 0.0878. The van der Waals surface area contributed by atoms with Crippen molar-refractivity contribution in [2.75, 3.05) is 32.1 Å². The van der Waals surface area contributed by atoms with Crippen molar-refractivity contribution in [1.29, 1.82) is 0 Å². The molecule has 1 aliphatic heterocycles. The lowest BCUT2D eigenvalue weighted by molar-refractivity contribution is -0.132. The Morgan fingerprint density at radius 1 is 1.35 bits per heavy atom. The largest absolute Gasteiger partial charge is 0.349 e. The molecular formula is C15H20N4O. The van der Waals surface area contributed by atoms with Crippen LogP contribution in [0.2, 0.25) is 0 Å². The molecule has 0 aliphatic carbocycles. The first kappa shape index (κ1) is 13.0. The molecule has 1 atom stereocenters. The van der Waals surface area contributed by atoms with Gasteiger partial charge in [-0.1, -0.05) is 12.1 Å². The first-order chi connectivity index (χ1) is 9.58. The third-order valence-electron chi connectivity index (χ3n) is 4.02. The van der Waals surface area contributed by atoms with Crippen LogP contribution in [0.1, 0.15) is 6.42 Å². The molecule has 2 heterocycles. The second-order valence-electron chi connectivity index (χ2n) is 5.62. The molecule has 20 heavy (non-hydrogen) atoms. The van der Waals surface area contributed by atoms with E-state index >= 15 is 0 Å². The molecule has 0 N–H and O–H groups in total. The van der Waals surface area contributed by atoms with Crippen molar-refractivity contribution < 1.29 is 4.79 Å². The quantitative estimate of drug-likeness (QED) is 0.831. The normalized spacial score (nSPS) is 18.8. The van der Waals surface area contributed by atoms with Gasteiger partial charge in [0.05, 0.1) is 17.0 Å². The third-order valence-corrected chi connectivity index (χ3v) is 4.02. The van der Waals surface area contributed by atoms with E-state index in [4.69, 9.17) is 4.98 Å². The first-order valence-electron chi connectivity index (χ1n) is 6.95. The van der Waals surface area contributed by atoms with Crippen LogP contribution in [0.5, 0.6) is 0 Å². The molecule has 2 aromatic rings. The molecule has 0 bridgehead atoms. The number of hydrogen-bond donors (Lipinski definition) is 0. The minimum Gasteiger partial charge on any atom is -0.349 e. The predicted octanol–water partition coefficient (Wildman–Crippen LogP) is 1.49. The highest BCUT2D eigenvalue weighted by molar-refractivity contribution is 5.81. The molecular weight excluding hydrogens is 252 g/mol. The van der Waals surface area contributed by atoms with Crippen molar-refractivity contribution in [3.05, 3.63) is 24.3 Å². The van der Waals surface area contributed by atoms with E-state index in [-0.39, 0.29) is 11.8 Å². The number of carbonyl (C=O) groups excluding carboxylic acids is 1. The van der Waals surface area contributed by atoms with E-state index in [2.05, 4.69) is 15.5 Å². The molecule has 0 spiro atoms. The number of para-hydroxylation sites is 2. The summed E-state index contributed by atoms with van der Waals surface area (Å²) >= 11 is 0. The lowest BCUT2D eigenvalue weighted by Gasteiger charge is -2.19. The summed E-state index contributed by atoms with van der Waals surface area (Å²) in [5.74, 6) is 1.26. The van der Waals surface area contributed by atoms with Crippen LogP contribution in [0.4, 0.5) is 5.95 Å². The summed E-state index contributed by atoms with van der Waals surface area (Å²) in [4.78, 5) is 20.6. The molecule has 106 valence electrons. The van der Waals surface area contributed by atoms with E-state index in [0.29, 0.717) is 0 Å². The molecule has 5 heteroatoms. The number of aryl methyl sites for hydroxylation is 1. The summed E-state index contributed by atoms with van der Waals surface area (Å²) < 4.78 is 2.11. The van der Waals surface area contributed by atoms with E-state index in [1.165, 1.54) is 0 Å². The smallest absolute Gasteiger partial charge is 0.227 e. The molecule has 1 aromatic carbocycles. The van der Waals surface area contributed by atoms with Gasteiger partial charge in [0.1, 0.15) is 0 Å². The second-order valence-corrected chi connectivity index (χ2v) is 5.62. The Kier molecular flexibility index (Phi) is 3.12. The maximum Gasteiger partial charge on any atom is 0.227 e. The van der Waals surface area contributed by atoms with Crippen molar-refractivity contribution in [3.8, 4) is 0 Å². The number of amides is 1. The van der Waals surface area contributed by atoms with Gasteiger partial charge >= 0.3 is 0 Å². The highest BCUT2D eigenvalue weighted by atomic mass is 16.2. The number of hydrogen-bond acceptors (Lipinski definition) is 3. The second kappa shape index (κ2) is 4.81. The Morgan fingerprint density at radius 2 is 2.10 bits per heavy atom. The standard InChI is InChI=1S/C15H20N4O/c1-17(2)14(20)11-8-9-19(10-11)15-16-12-6-4-5-7-13(12)18(15)3/h4-7,11H,8-10H2,1-3H3. The van der Waals surface area contributed by atoms with Gasteiger partial charge in [-0.3, -0.25) is 4.79 Å². The van der Waals surface area contributed by atoms with Crippen LogP contribution in [0.25, 0.3) is 11.0 Å². The number of carbonyl (C=O) groups is 1. The molecule has 0 saturated carbocycles. The average Bonchev–Trinajstić information content (AvgIpc) is 3.03. The number of benzene rings is 1. The number of rotatable bonds is 2. The maximum absolute atomic E-state index is 12.1. The van der Waals surface area contributed by atoms with E-state index < -0.39 is 0 Å². The topological polar surface area (TPSA) is 41.4 Å². The molecule has 3 rings (SSSR count). The van der Waals surface area contributed by atoms with E-state index in [1.807, 2.05) is 39.3 Å². The van der Waals surface area contributed by atoms with Gasteiger partial charge in [0.25, 0.3) is 0 Å². The van der Waals surface area contributed by atoms with Crippen molar-refractivity contribution >= 4 is 22.9 Å². The minimum absolute atomic E-state index is 0.0878. The predicted molar refractivity (Wildman–Crippen MR) is 79.7 cm³/mol. The lowest BCUT2D eigenvalue weighted by Crippen LogP contribution is -2.32. The summed E-state index contributed by atoms with van der Waals surface area (Å²) in [6.07, 6.45) is 0.903. The summed E-state index contributed by atoms with van der Waals surface area (Å²) in [6, 6.07) is 8.12. The van der Waals surface area contributed by atoms with Crippen LogP contribution < -0.4 is 4.90 Å². The Hall–Kier alpha value is -2.04. The van der Waals surface area contributed by atoms with Gasteiger partial charge in [-0.05, 0) is 18.6 Å². The van der Waals surface area contributed by atoms with Gasteiger partial charge in [0.15, 0.2) is 0 Å². The molecule has 1 amide bonds. The van der Waals surface area contributed by atoms with Crippen LogP contribution in [0.15, 0.2) is 24.3 Å². The number of anilines is 1. The molecule has 1 aliphatic rings. The van der Waals surface area contributed by atoms with Crippen LogP contribution in [-0.4, -0.2) is 47.5 Å². The fourth-order valence-corrected chi connectivity index (χ4v) is 2.92. The van der Waals surface area contributed by atoms with E-state index in [9.17, 15) is 4.79 Å². The van der Waals surface area contributed by atoms with Crippen LogP contribution in [0.3, 0.4) is 0 Å². The molecule has 0 radical (unpaired) electrons. The van der Waals surface area contributed by atoms with Crippen molar-refractivity contribution in [3.63, 3.8) is 0 Å². The van der Waals surface area contributed by atoms with Crippen molar-refractivity contribution in [2.45, 2.75) is 6.42 Å². The Balaban J connectivity index is 1.86. The summed E-state index contributed by atoms with van der Waals surface area (Å²) in [5.41, 5.74) is 2.14. The fourth-order valence-electron chi connectivity index (χ4n) is 2.92. The van der Waals surface area contributed by atoms with Gasteiger partial charge in [-0.25, -0.2) is 4.98 Å². The van der Waals surface area contributed by atoms with Gasteiger partial charge in [0, 0.05) is 34.2 Å². The number of aromatic nitrogens is 2. The van der Waals surface area contributed by atoms with E-state index in [1.54, 1.807) is 4.90 Å². The number of nitrogens with zero attached hydrogens (tertiary/aromatic N) is 4. The summed E-state index contributed by atoms with van der Waals surface area (Å²) in [5, 5.41) is 0. The Labute approximate surface area is 118 Å². The molecule has 1 saturated heterocycles. The van der Waals surface area contributed by atoms with Gasteiger partial charge in [-0.15, -0.1) is 0 Å². The molecule has 1 aromatic heterocycles. The maximum atomic E-state index is 12.1. The SMILES string of the molecule is CN(C)C(=O)C1CCN(c2nc3ccccc3n2C)C1. The number of fused-ring (bicyclic) bond motifs is 1.